The third-order valence-corrected chi connectivity index (χ3v) is 16.5. The fourth-order valence-corrected chi connectivity index (χ4v) is 12.6. The predicted octanol–water partition coefficient (Wildman–Crippen LogP) is -0.781. The Hall–Kier alpha value is -1.56. The van der Waals surface area contributed by atoms with Gasteiger partial charge in [0.1, 0.15) is 78.7 Å². The molecule has 0 spiro atoms. The molecule has 0 amide bonds. The number of rotatable bonds is 14. The van der Waals surface area contributed by atoms with Crippen LogP contribution >= 0.6 is 0 Å². The van der Waals surface area contributed by atoms with Gasteiger partial charge in [0.05, 0.1) is 32.0 Å². The molecule has 360 valence electrons. The lowest BCUT2D eigenvalue weighted by molar-refractivity contribution is -0.369. The van der Waals surface area contributed by atoms with Crippen LogP contribution in [0.5, 0.6) is 0 Å². The van der Waals surface area contributed by atoms with E-state index in [2.05, 4.69) is 19.9 Å². The molecule has 0 aromatic rings. The summed E-state index contributed by atoms with van der Waals surface area (Å²) in [6.07, 6.45) is -13.4. The third-order valence-electron chi connectivity index (χ3n) is 16.5. The van der Waals surface area contributed by atoms with Crippen LogP contribution in [-0.2, 0) is 38.0 Å². The van der Waals surface area contributed by atoms with Crippen molar-refractivity contribution in [1.29, 1.82) is 0 Å². The number of hydrogen-bond donors (Lipinski definition) is 10. The third kappa shape index (κ3) is 9.24. The summed E-state index contributed by atoms with van der Waals surface area (Å²) < 4.78 is 35.1. The van der Waals surface area contributed by atoms with Crippen molar-refractivity contribution in [3.05, 3.63) is 11.6 Å². The number of Topliss-reactive ketones (excluding diaryl/α,β-unsaturated/α-hetero) is 2. The Bertz CT molecular complexity index is 1630. The predicted molar refractivity (Wildman–Crippen MR) is 218 cm³/mol. The molecule has 6 fully saturated rings. The van der Waals surface area contributed by atoms with Gasteiger partial charge in [-0.3, -0.25) is 9.59 Å². The number of carbonyl (C=O) groups is 2. The second kappa shape index (κ2) is 19.6. The average molecular weight is 901 g/mol. The molecule has 0 aromatic heterocycles. The Kier molecular flexibility index (Phi) is 15.3. The molecule has 3 heterocycles. The van der Waals surface area contributed by atoms with Gasteiger partial charge in [0.2, 0.25) is 0 Å². The number of ketones is 2. The van der Waals surface area contributed by atoms with E-state index >= 15 is 0 Å². The maximum Gasteiger partial charge on any atom is 0.187 e. The van der Waals surface area contributed by atoms with E-state index in [9.17, 15) is 60.7 Å². The molecule has 0 bridgehead atoms. The maximum atomic E-state index is 14.0. The normalized spacial score (nSPS) is 49.9. The van der Waals surface area contributed by atoms with Crippen LogP contribution in [0, 0.1) is 46.3 Å². The highest BCUT2D eigenvalue weighted by Crippen LogP contribution is 2.66. The first-order valence-corrected chi connectivity index (χ1v) is 23.1. The Labute approximate surface area is 368 Å². The Morgan fingerprint density at radius 2 is 1.40 bits per heavy atom. The largest absolute Gasteiger partial charge is 0.394 e. The van der Waals surface area contributed by atoms with E-state index in [-0.39, 0.29) is 59.3 Å². The Balaban J connectivity index is 0.964. The first kappa shape index (κ1) is 49.3. The van der Waals surface area contributed by atoms with Gasteiger partial charge in [0.15, 0.2) is 18.9 Å². The molecule has 24 atom stereocenters. The van der Waals surface area contributed by atoms with Crippen LogP contribution in [0.4, 0.5) is 0 Å². The van der Waals surface area contributed by atoms with Crippen molar-refractivity contribution in [1.82, 2.24) is 0 Å². The standard InChI is InChI=1S/C45H72O18/c1-19(18-58-41-38(56)36(54)33(51)29(16-46)61-41)6-9-27(48)20(2)31-28(49)15-26-24-8-7-22-14-23(10-12-44(22,4)25(24)11-13-45(26,31)5)60-43-40(37(55)34(52)30(17-47)62-43)63-42-39(57)35(53)32(50)21(3)59-42/h7,19-21,23-26,29-43,46-47,50-57H,6,8-18H2,1-5H3/t19-,20-,21+,23+,24-,25+,26+,29-,30-,31+,32+,33-,34-,35-,36+,37+,38-,39-,40-,41-,42+,43-,44+,45+/m1/s1. The number of aliphatic hydroxyl groups is 10. The highest BCUT2D eigenvalue weighted by atomic mass is 16.8. The van der Waals surface area contributed by atoms with Gasteiger partial charge in [-0.15, -0.1) is 0 Å². The van der Waals surface area contributed by atoms with Crippen molar-refractivity contribution in [3.8, 4) is 0 Å². The van der Waals surface area contributed by atoms with Crippen molar-refractivity contribution < 1.29 is 89.1 Å². The Morgan fingerprint density at radius 1 is 0.762 bits per heavy atom. The van der Waals surface area contributed by atoms with E-state index in [1.165, 1.54) is 12.5 Å². The fourth-order valence-electron chi connectivity index (χ4n) is 12.6. The lowest BCUT2D eigenvalue weighted by Gasteiger charge is -2.58. The topological polar surface area (TPSA) is 292 Å². The van der Waals surface area contributed by atoms with E-state index < -0.39 is 117 Å². The summed E-state index contributed by atoms with van der Waals surface area (Å²) in [5.74, 6) is -0.137. The van der Waals surface area contributed by atoms with Gasteiger partial charge < -0.3 is 79.5 Å². The summed E-state index contributed by atoms with van der Waals surface area (Å²) in [7, 11) is 0. The lowest BCUT2D eigenvalue weighted by Crippen LogP contribution is -2.64. The van der Waals surface area contributed by atoms with E-state index in [1.54, 1.807) is 0 Å². The number of fused-ring (bicyclic) bond motifs is 5. The molecular formula is C45H72O18. The van der Waals surface area contributed by atoms with Crippen molar-refractivity contribution in [2.24, 2.45) is 46.3 Å². The molecule has 3 saturated heterocycles. The van der Waals surface area contributed by atoms with E-state index in [0.717, 1.165) is 25.7 Å². The van der Waals surface area contributed by atoms with Gasteiger partial charge in [-0.2, -0.15) is 0 Å². The molecule has 18 heteroatoms. The molecule has 7 aliphatic rings. The first-order chi connectivity index (χ1) is 29.7. The van der Waals surface area contributed by atoms with Crippen molar-refractivity contribution in [2.75, 3.05) is 19.8 Å². The van der Waals surface area contributed by atoms with E-state index in [4.69, 9.17) is 28.4 Å². The van der Waals surface area contributed by atoms with E-state index in [1.807, 2.05) is 13.8 Å². The highest BCUT2D eigenvalue weighted by Gasteiger charge is 2.63. The zero-order chi connectivity index (χ0) is 45.9. The summed E-state index contributed by atoms with van der Waals surface area (Å²) in [6.45, 7) is 8.71. The highest BCUT2D eigenvalue weighted by molar-refractivity contribution is 5.92. The molecule has 3 aliphatic heterocycles. The zero-order valence-corrected chi connectivity index (χ0v) is 37.0. The van der Waals surface area contributed by atoms with Crippen LogP contribution in [0.1, 0.15) is 92.4 Å². The minimum atomic E-state index is -1.67. The molecule has 3 saturated carbocycles. The first-order valence-electron chi connectivity index (χ1n) is 23.1. The second-order valence-electron chi connectivity index (χ2n) is 20.4. The molecule has 0 unspecified atom stereocenters. The van der Waals surface area contributed by atoms with Gasteiger partial charge >= 0.3 is 0 Å². The van der Waals surface area contributed by atoms with Crippen LogP contribution in [0.3, 0.4) is 0 Å². The van der Waals surface area contributed by atoms with Crippen LogP contribution in [-0.4, -0.2) is 181 Å². The molecule has 63 heavy (non-hydrogen) atoms. The molecule has 10 N–H and O–H groups in total. The second-order valence-corrected chi connectivity index (χ2v) is 20.4. The van der Waals surface area contributed by atoms with Crippen molar-refractivity contribution >= 4 is 11.6 Å². The summed E-state index contributed by atoms with van der Waals surface area (Å²) in [6, 6.07) is 0. The van der Waals surface area contributed by atoms with Crippen LogP contribution in [0.25, 0.3) is 0 Å². The summed E-state index contributed by atoms with van der Waals surface area (Å²) in [4.78, 5) is 27.8. The van der Waals surface area contributed by atoms with Gasteiger partial charge in [0.25, 0.3) is 0 Å². The van der Waals surface area contributed by atoms with Gasteiger partial charge in [0, 0.05) is 24.7 Å². The summed E-state index contributed by atoms with van der Waals surface area (Å²) in [5, 5.41) is 103. The fraction of sp³-hybridized carbons (Fsp3) is 0.911. The zero-order valence-electron chi connectivity index (χ0n) is 37.0. The van der Waals surface area contributed by atoms with Crippen LogP contribution in [0.15, 0.2) is 11.6 Å². The minimum Gasteiger partial charge on any atom is -0.394 e. The van der Waals surface area contributed by atoms with E-state index in [0.29, 0.717) is 31.6 Å². The molecule has 0 aromatic carbocycles. The van der Waals surface area contributed by atoms with Crippen molar-refractivity contribution in [3.63, 3.8) is 0 Å². The summed E-state index contributed by atoms with van der Waals surface area (Å²) in [5.41, 5.74) is 0.735. The molecule has 7 rings (SSSR count). The smallest absolute Gasteiger partial charge is 0.187 e. The minimum absolute atomic E-state index is 0.0171. The number of carbonyl (C=O) groups excluding carboxylic acids is 2. The molecule has 4 aliphatic carbocycles. The number of allylic oxidation sites excluding steroid dienone is 1. The van der Waals surface area contributed by atoms with Crippen LogP contribution < -0.4 is 0 Å². The van der Waals surface area contributed by atoms with Crippen LogP contribution in [0.2, 0.25) is 0 Å². The molecule has 18 nitrogen and oxygen atoms in total. The molecular weight excluding hydrogens is 828 g/mol. The average Bonchev–Trinajstić information content (AvgIpc) is 3.54. The maximum absolute atomic E-state index is 14.0. The number of aliphatic hydroxyl groups excluding tert-OH is 10. The van der Waals surface area contributed by atoms with Gasteiger partial charge in [-0.05, 0) is 86.4 Å². The lowest BCUT2D eigenvalue weighted by atomic mass is 9.47. The number of ether oxygens (including phenoxy) is 6. The van der Waals surface area contributed by atoms with Gasteiger partial charge in [-0.25, -0.2) is 0 Å². The molecule has 0 radical (unpaired) electrons. The summed E-state index contributed by atoms with van der Waals surface area (Å²) >= 11 is 0. The number of hydrogen-bond acceptors (Lipinski definition) is 18. The van der Waals surface area contributed by atoms with Gasteiger partial charge in [-0.1, -0.05) is 39.3 Å². The monoisotopic (exact) mass is 900 g/mol. The van der Waals surface area contributed by atoms with Crippen molar-refractivity contribution in [2.45, 2.75) is 191 Å². The quantitative estimate of drug-likeness (QED) is 0.0957. The SMILES string of the molecule is C[C@H](CCC(=O)[C@@H](C)[C@H]1C(=O)C[C@H]2[C@@H]3CC=C4C[C@@H](O[C@@H]5O[C@H](CO)[C@@H](O)[C@H](O)[C@H]5O[C@@H]5O[C@@H](C)[C@H](O)[C@@H](O)[C@H]5O)CC[C@]4(C)[C@H]3CC[C@]12C)CO[C@@H]1O[C@H](CO)[C@@H](O)[C@H](O)[C@H]1O. The Morgan fingerprint density at radius 3 is 2.08 bits per heavy atom.